The second-order valence-corrected chi connectivity index (χ2v) is 4.92. The van der Waals surface area contributed by atoms with Crippen LogP contribution in [-0.4, -0.2) is 17.4 Å². The first-order valence-corrected chi connectivity index (χ1v) is 6.20. The van der Waals surface area contributed by atoms with Crippen LogP contribution in [0, 0.1) is 12.1 Å². The van der Waals surface area contributed by atoms with E-state index in [0.29, 0.717) is 19.4 Å². The fourth-order valence-corrected chi connectivity index (χ4v) is 3.00. The van der Waals surface area contributed by atoms with E-state index in [1.165, 1.54) is 0 Å². The summed E-state index contributed by atoms with van der Waals surface area (Å²) in [6.07, 6.45) is 3.27. The second-order valence-electron chi connectivity index (χ2n) is 4.92. The minimum atomic E-state index is 0.140. The Hall–Kier alpha value is -1.58. The molecule has 1 unspecified atom stereocenters. The Bertz CT molecular complexity index is 485. The molecule has 90 valence electrons. The zero-order chi connectivity index (χ0) is 12.0. The lowest BCUT2D eigenvalue weighted by atomic mass is 9.89. The monoisotopic (exact) mass is 232 g/mol. The topological polar surface area (TPSA) is 47.2 Å². The number of hydrogen-bond donors (Lipinski definition) is 0. The Kier molecular flexibility index (Phi) is 2.31. The van der Waals surface area contributed by atoms with Gasteiger partial charge in [-0.1, -0.05) is 0 Å². The van der Waals surface area contributed by atoms with Crippen LogP contribution in [0.1, 0.15) is 42.3 Å². The molecule has 0 spiro atoms. The Labute approximate surface area is 100 Å². The highest BCUT2D eigenvalue weighted by molar-refractivity contribution is 5.77. The first-order valence-electron chi connectivity index (χ1n) is 6.20. The van der Waals surface area contributed by atoms with E-state index in [2.05, 4.69) is 0 Å². The van der Waals surface area contributed by atoms with E-state index in [0.717, 1.165) is 34.5 Å². The first kappa shape index (κ1) is 10.6. The van der Waals surface area contributed by atoms with Crippen LogP contribution >= 0.6 is 0 Å². The smallest absolute Gasteiger partial charge is 0.223 e. The van der Waals surface area contributed by atoms with Gasteiger partial charge in [-0.05, 0) is 18.9 Å². The average molecular weight is 232 g/mol. The van der Waals surface area contributed by atoms with Gasteiger partial charge < -0.3 is 10.1 Å². The second kappa shape index (κ2) is 3.72. The average Bonchev–Trinajstić information content (AvgIpc) is 2.34. The van der Waals surface area contributed by atoms with E-state index in [9.17, 15) is 10.0 Å². The summed E-state index contributed by atoms with van der Waals surface area (Å²) in [5.41, 5.74) is 2.66. The summed E-state index contributed by atoms with van der Waals surface area (Å²) in [7, 11) is 0. The molecule has 2 aliphatic heterocycles. The quantitative estimate of drug-likeness (QED) is 0.499. The Morgan fingerprint density at radius 3 is 3.06 bits per heavy atom. The van der Waals surface area contributed by atoms with Gasteiger partial charge in [0.05, 0.1) is 12.5 Å². The van der Waals surface area contributed by atoms with Gasteiger partial charge in [-0.2, -0.15) is 4.73 Å². The summed E-state index contributed by atoms with van der Waals surface area (Å²) < 4.78 is 1.03. The number of fused-ring (bicyclic) bond motifs is 3. The van der Waals surface area contributed by atoms with E-state index >= 15 is 0 Å². The molecule has 1 aromatic rings. The molecule has 1 amide bonds. The third-order valence-corrected chi connectivity index (χ3v) is 3.92. The summed E-state index contributed by atoms with van der Waals surface area (Å²) in [4.78, 5) is 13.8. The van der Waals surface area contributed by atoms with Gasteiger partial charge in [-0.3, -0.25) is 4.79 Å². The summed E-state index contributed by atoms with van der Waals surface area (Å²) in [6, 6.07) is 4.02. The highest BCUT2D eigenvalue weighted by atomic mass is 16.5. The number of nitrogens with zero attached hydrogens (tertiary/aromatic N) is 2. The van der Waals surface area contributed by atoms with E-state index in [-0.39, 0.29) is 11.9 Å². The van der Waals surface area contributed by atoms with Crippen LogP contribution in [-0.2, 0) is 11.2 Å². The highest BCUT2D eigenvalue weighted by Crippen LogP contribution is 2.35. The SMILES string of the molecule is Cc1ccc2c([n+]1[O-])CCN1C(=O)CCCC21. The van der Waals surface area contributed by atoms with Crippen LogP contribution in [0.4, 0.5) is 0 Å². The summed E-state index contributed by atoms with van der Waals surface area (Å²) in [6.45, 7) is 2.52. The van der Waals surface area contributed by atoms with E-state index < -0.39 is 0 Å². The molecule has 0 aliphatic carbocycles. The Balaban J connectivity index is 2.07. The van der Waals surface area contributed by atoms with Crippen molar-refractivity contribution in [3.05, 3.63) is 34.3 Å². The minimum Gasteiger partial charge on any atom is -0.618 e. The van der Waals surface area contributed by atoms with Gasteiger partial charge >= 0.3 is 0 Å². The molecule has 4 heteroatoms. The maximum Gasteiger partial charge on any atom is 0.223 e. The molecule has 3 heterocycles. The van der Waals surface area contributed by atoms with Crippen molar-refractivity contribution in [2.45, 2.75) is 38.6 Å². The Morgan fingerprint density at radius 1 is 1.41 bits per heavy atom. The number of amides is 1. The molecule has 1 atom stereocenters. The predicted molar refractivity (Wildman–Crippen MR) is 62.1 cm³/mol. The van der Waals surface area contributed by atoms with E-state index in [1.807, 2.05) is 24.0 Å². The van der Waals surface area contributed by atoms with Crippen molar-refractivity contribution in [2.24, 2.45) is 0 Å². The maximum atomic E-state index is 12.0. The van der Waals surface area contributed by atoms with Crippen LogP contribution in [0.2, 0.25) is 0 Å². The molecule has 0 N–H and O–H groups in total. The molecular weight excluding hydrogens is 216 g/mol. The molecule has 1 aromatic heterocycles. The van der Waals surface area contributed by atoms with Gasteiger partial charge in [0.25, 0.3) is 0 Å². The number of aryl methyl sites for hydroxylation is 1. The number of hydrogen-bond acceptors (Lipinski definition) is 2. The standard InChI is InChI=1S/C13H16N2O2/c1-9-5-6-10-11-3-2-4-13(16)14(11)8-7-12(10)15(9)17/h5-6,11H,2-4,7-8H2,1H3. The number of carbonyl (C=O) groups is 1. The number of pyridine rings is 1. The van der Waals surface area contributed by atoms with Crippen LogP contribution in [0.5, 0.6) is 0 Å². The largest absolute Gasteiger partial charge is 0.618 e. The summed E-state index contributed by atoms with van der Waals surface area (Å²) in [5.74, 6) is 0.241. The maximum absolute atomic E-state index is 12.0. The molecule has 0 bridgehead atoms. The lowest BCUT2D eigenvalue weighted by Gasteiger charge is -2.39. The molecule has 2 aliphatic rings. The molecule has 1 saturated heterocycles. The summed E-state index contributed by atoms with van der Waals surface area (Å²) in [5, 5.41) is 12.0. The summed E-state index contributed by atoms with van der Waals surface area (Å²) >= 11 is 0. The van der Waals surface area contributed by atoms with Gasteiger partial charge in [-0.15, -0.1) is 0 Å². The van der Waals surface area contributed by atoms with Crippen LogP contribution < -0.4 is 4.73 Å². The Morgan fingerprint density at radius 2 is 2.24 bits per heavy atom. The number of aromatic nitrogens is 1. The zero-order valence-corrected chi connectivity index (χ0v) is 9.98. The zero-order valence-electron chi connectivity index (χ0n) is 9.98. The number of piperidine rings is 1. The van der Waals surface area contributed by atoms with Crippen molar-refractivity contribution < 1.29 is 9.52 Å². The van der Waals surface area contributed by atoms with Crippen molar-refractivity contribution in [1.29, 1.82) is 0 Å². The first-order chi connectivity index (χ1) is 8.18. The molecule has 0 radical (unpaired) electrons. The number of rotatable bonds is 0. The van der Waals surface area contributed by atoms with Crippen molar-refractivity contribution in [3.8, 4) is 0 Å². The molecule has 0 saturated carbocycles. The molecule has 0 aromatic carbocycles. The highest BCUT2D eigenvalue weighted by Gasteiger charge is 2.36. The minimum absolute atomic E-state index is 0.140. The van der Waals surface area contributed by atoms with Gasteiger partial charge in [0, 0.05) is 31.5 Å². The van der Waals surface area contributed by atoms with E-state index in [4.69, 9.17) is 0 Å². The van der Waals surface area contributed by atoms with Crippen molar-refractivity contribution in [3.63, 3.8) is 0 Å². The van der Waals surface area contributed by atoms with Gasteiger partial charge in [0.2, 0.25) is 5.91 Å². The van der Waals surface area contributed by atoms with Crippen molar-refractivity contribution >= 4 is 5.91 Å². The van der Waals surface area contributed by atoms with Crippen LogP contribution in [0.15, 0.2) is 12.1 Å². The molecule has 4 nitrogen and oxygen atoms in total. The normalized spacial score (nSPS) is 23.2. The molecular formula is C13H16N2O2. The van der Waals surface area contributed by atoms with E-state index in [1.54, 1.807) is 0 Å². The number of carbonyl (C=O) groups excluding carboxylic acids is 1. The lowest BCUT2D eigenvalue weighted by Crippen LogP contribution is -2.48. The van der Waals surface area contributed by atoms with Crippen LogP contribution in [0.3, 0.4) is 0 Å². The molecule has 3 rings (SSSR count). The van der Waals surface area contributed by atoms with Gasteiger partial charge in [-0.25, -0.2) is 0 Å². The lowest BCUT2D eigenvalue weighted by molar-refractivity contribution is -0.621. The predicted octanol–water partition coefficient (Wildman–Crippen LogP) is 1.24. The molecule has 17 heavy (non-hydrogen) atoms. The third kappa shape index (κ3) is 1.51. The van der Waals surface area contributed by atoms with Crippen molar-refractivity contribution in [1.82, 2.24) is 4.90 Å². The fourth-order valence-electron chi connectivity index (χ4n) is 3.00. The third-order valence-electron chi connectivity index (χ3n) is 3.92. The van der Waals surface area contributed by atoms with Crippen LogP contribution in [0.25, 0.3) is 0 Å². The van der Waals surface area contributed by atoms with Crippen molar-refractivity contribution in [2.75, 3.05) is 6.54 Å². The van der Waals surface area contributed by atoms with Gasteiger partial charge in [0.15, 0.2) is 11.4 Å². The fraction of sp³-hybridized carbons (Fsp3) is 0.538. The molecule has 1 fully saturated rings. The van der Waals surface area contributed by atoms with Gasteiger partial charge in [0.1, 0.15) is 0 Å².